The van der Waals surface area contributed by atoms with Gasteiger partial charge in [0.25, 0.3) is 5.92 Å². The minimum atomic E-state index is -2.89. The lowest BCUT2D eigenvalue weighted by Crippen LogP contribution is -2.46. The number of alkyl halides is 2. The number of benzene rings is 1. The number of aromatic carboxylic acids is 1. The molecular formula is C11H11F2N3O3. The number of nitrogens with one attached hydrogen (secondary N) is 2. The van der Waals surface area contributed by atoms with Gasteiger partial charge in [-0.15, -0.1) is 0 Å². The molecule has 8 heteroatoms. The molecule has 0 atom stereocenters. The van der Waals surface area contributed by atoms with Gasteiger partial charge >= 0.3 is 5.97 Å². The minimum absolute atomic E-state index is 0.105. The summed E-state index contributed by atoms with van der Waals surface area (Å²) in [7, 11) is 0. The maximum Gasteiger partial charge on any atom is 0.335 e. The number of phenols is 1. The third-order valence-electron chi connectivity index (χ3n) is 2.41. The van der Waals surface area contributed by atoms with Gasteiger partial charge in [-0.25, -0.2) is 18.6 Å². The van der Waals surface area contributed by atoms with Crippen molar-refractivity contribution in [1.82, 2.24) is 5.32 Å². The zero-order valence-electron chi connectivity index (χ0n) is 9.65. The molecule has 1 aromatic rings. The Bertz CT molecular complexity index is 546. The average molecular weight is 271 g/mol. The van der Waals surface area contributed by atoms with Crippen LogP contribution in [0.2, 0.25) is 0 Å². The number of hydrogen-bond donors (Lipinski definition) is 4. The summed E-state index contributed by atoms with van der Waals surface area (Å²) in [5.41, 5.74) is 0.123. The van der Waals surface area contributed by atoms with Crippen molar-refractivity contribution in [2.24, 2.45) is 4.99 Å². The molecule has 0 bridgehead atoms. The van der Waals surface area contributed by atoms with Crippen molar-refractivity contribution in [3.8, 4) is 5.75 Å². The lowest BCUT2D eigenvalue weighted by Gasteiger charge is -2.23. The third kappa shape index (κ3) is 3.30. The van der Waals surface area contributed by atoms with Crippen molar-refractivity contribution in [2.75, 3.05) is 18.4 Å². The summed E-state index contributed by atoms with van der Waals surface area (Å²) < 4.78 is 25.7. The van der Waals surface area contributed by atoms with Crippen LogP contribution in [0.1, 0.15) is 10.4 Å². The molecule has 0 radical (unpaired) electrons. The quantitative estimate of drug-likeness (QED) is 0.646. The average Bonchev–Trinajstić information content (AvgIpc) is 2.31. The minimum Gasteiger partial charge on any atom is -0.508 e. The predicted molar refractivity (Wildman–Crippen MR) is 63.9 cm³/mol. The number of aliphatic imine (C=N–C) groups is 1. The number of carboxylic acid groups (broad SMARTS) is 1. The molecule has 1 aliphatic rings. The molecule has 0 spiro atoms. The van der Waals surface area contributed by atoms with Gasteiger partial charge in [0.15, 0.2) is 5.96 Å². The number of rotatable bonds is 2. The Kier molecular flexibility index (Phi) is 3.24. The molecule has 19 heavy (non-hydrogen) atoms. The molecule has 0 amide bonds. The lowest BCUT2D eigenvalue weighted by molar-refractivity contribution is 0.0125. The van der Waals surface area contributed by atoms with E-state index in [4.69, 9.17) is 5.11 Å². The summed E-state index contributed by atoms with van der Waals surface area (Å²) in [6.07, 6.45) is 0. The van der Waals surface area contributed by atoms with Gasteiger partial charge in [-0.1, -0.05) is 0 Å². The number of guanidine groups is 1. The van der Waals surface area contributed by atoms with Crippen LogP contribution in [0.4, 0.5) is 14.5 Å². The van der Waals surface area contributed by atoms with Crippen LogP contribution in [0.5, 0.6) is 5.75 Å². The van der Waals surface area contributed by atoms with E-state index in [1.807, 2.05) is 0 Å². The number of nitrogens with zero attached hydrogens (tertiary/aromatic N) is 1. The van der Waals surface area contributed by atoms with Crippen LogP contribution < -0.4 is 10.6 Å². The third-order valence-corrected chi connectivity index (χ3v) is 2.41. The van der Waals surface area contributed by atoms with Gasteiger partial charge in [0.2, 0.25) is 0 Å². The highest BCUT2D eigenvalue weighted by molar-refractivity contribution is 5.96. The van der Waals surface area contributed by atoms with Crippen LogP contribution in [0.3, 0.4) is 0 Å². The van der Waals surface area contributed by atoms with E-state index in [-0.39, 0.29) is 23.0 Å². The van der Waals surface area contributed by atoms with Gasteiger partial charge in [0, 0.05) is 11.8 Å². The van der Waals surface area contributed by atoms with Crippen LogP contribution in [0.25, 0.3) is 0 Å². The van der Waals surface area contributed by atoms with Gasteiger partial charge in [0.1, 0.15) is 12.3 Å². The first-order valence-electron chi connectivity index (χ1n) is 5.36. The molecule has 1 aromatic carbocycles. The number of carbonyl (C=O) groups is 1. The van der Waals surface area contributed by atoms with Crippen LogP contribution in [0, 0.1) is 0 Å². The molecule has 4 N–H and O–H groups in total. The van der Waals surface area contributed by atoms with Crippen molar-refractivity contribution in [2.45, 2.75) is 5.92 Å². The van der Waals surface area contributed by atoms with Crippen molar-refractivity contribution < 1.29 is 23.8 Å². The topological polar surface area (TPSA) is 94.0 Å². The molecule has 0 aliphatic carbocycles. The van der Waals surface area contributed by atoms with Crippen LogP contribution in [-0.2, 0) is 0 Å². The summed E-state index contributed by atoms with van der Waals surface area (Å²) >= 11 is 0. The standard InChI is InChI=1S/C11H11F2N3O3/c12-11(13)4-14-10(15-5-11)16-7-1-6(9(18)19)2-8(17)3-7/h1-3,17H,4-5H2,(H,18,19)(H2,14,15,16). The second kappa shape index (κ2) is 4.71. The molecule has 6 nitrogen and oxygen atoms in total. The number of phenolic OH excluding ortho intramolecular Hbond substituents is 1. The number of aromatic hydroxyl groups is 1. The van der Waals surface area contributed by atoms with E-state index in [0.29, 0.717) is 0 Å². The van der Waals surface area contributed by atoms with Crippen molar-refractivity contribution in [3.63, 3.8) is 0 Å². The molecule has 102 valence electrons. The first-order valence-corrected chi connectivity index (χ1v) is 5.36. The van der Waals surface area contributed by atoms with Gasteiger partial charge in [-0.2, -0.15) is 0 Å². The Balaban J connectivity index is 2.16. The predicted octanol–water partition coefficient (Wildman–Crippen LogP) is 1.10. The van der Waals surface area contributed by atoms with Crippen LogP contribution in [-0.4, -0.2) is 41.2 Å². The highest BCUT2D eigenvalue weighted by Crippen LogP contribution is 2.21. The van der Waals surface area contributed by atoms with E-state index >= 15 is 0 Å². The fourth-order valence-electron chi connectivity index (χ4n) is 1.55. The molecule has 1 aliphatic heterocycles. The zero-order chi connectivity index (χ0) is 14.0. The van der Waals surface area contributed by atoms with Gasteiger partial charge in [-0.05, 0) is 12.1 Å². The van der Waals surface area contributed by atoms with Crippen molar-refractivity contribution in [3.05, 3.63) is 23.8 Å². The van der Waals surface area contributed by atoms with E-state index in [2.05, 4.69) is 15.6 Å². The highest BCUT2D eigenvalue weighted by Gasteiger charge is 2.32. The monoisotopic (exact) mass is 271 g/mol. The smallest absolute Gasteiger partial charge is 0.335 e. The maximum absolute atomic E-state index is 12.8. The van der Waals surface area contributed by atoms with Crippen LogP contribution in [0.15, 0.2) is 23.2 Å². The normalized spacial score (nSPS) is 17.3. The lowest BCUT2D eigenvalue weighted by atomic mass is 10.2. The van der Waals surface area contributed by atoms with Crippen LogP contribution >= 0.6 is 0 Å². The van der Waals surface area contributed by atoms with E-state index in [9.17, 15) is 18.7 Å². The molecular weight excluding hydrogens is 260 g/mol. The van der Waals surface area contributed by atoms with E-state index < -0.39 is 25.0 Å². The Morgan fingerprint density at radius 2 is 2.16 bits per heavy atom. The summed E-state index contributed by atoms with van der Waals surface area (Å²) in [6, 6.07) is 3.61. The maximum atomic E-state index is 12.8. The fourth-order valence-corrected chi connectivity index (χ4v) is 1.55. The Labute approximate surface area is 106 Å². The molecule has 0 saturated carbocycles. The first kappa shape index (κ1) is 13.1. The first-order chi connectivity index (χ1) is 8.85. The molecule has 1 heterocycles. The number of anilines is 1. The fraction of sp³-hybridized carbons (Fsp3) is 0.273. The summed E-state index contributed by atoms with van der Waals surface area (Å²) in [6.45, 7) is -1.20. The Morgan fingerprint density at radius 1 is 1.42 bits per heavy atom. The largest absolute Gasteiger partial charge is 0.508 e. The number of hydrogen-bond acceptors (Lipinski definition) is 5. The van der Waals surface area contributed by atoms with Gasteiger partial charge in [-0.3, -0.25) is 0 Å². The SMILES string of the molecule is O=C(O)c1cc(O)cc(NC2=NCC(F)(F)CN2)c1. The second-order valence-electron chi connectivity index (χ2n) is 4.07. The van der Waals surface area contributed by atoms with E-state index in [1.165, 1.54) is 12.1 Å². The zero-order valence-corrected chi connectivity index (χ0v) is 9.65. The second-order valence-corrected chi connectivity index (χ2v) is 4.07. The van der Waals surface area contributed by atoms with E-state index in [1.54, 1.807) is 0 Å². The molecule has 2 rings (SSSR count). The molecule has 0 saturated heterocycles. The highest BCUT2D eigenvalue weighted by atomic mass is 19.3. The Hall–Kier alpha value is -2.38. The molecule has 0 aromatic heterocycles. The number of halogens is 2. The van der Waals surface area contributed by atoms with Gasteiger partial charge < -0.3 is 20.8 Å². The van der Waals surface area contributed by atoms with Crippen molar-refractivity contribution in [1.29, 1.82) is 0 Å². The van der Waals surface area contributed by atoms with E-state index in [0.717, 1.165) is 6.07 Å². The summed E-state index contributed by atoms with van der Waals surface area (Å²) in [5.74, 6) is -4.24. The molecule has 0 fully saturated rings. The van der Waals surface area contributed by atoms with Crippen molar-refractivity contribution >= 4 is 17.6 Å². The van der Waals surface area contributed by atoms with Gasteiger partial charge in [0.05, 0.1) is 12.1 Å². The summed E-state index contributed by atoms with van der Waals surface area (Å²) in [5, 5.41) is 23.2. The number of carboxylic acids is 1. The Morgan fingerprint density at radius 3 is 2.74 bits per heavy atom. The molecule has 0 unspecified atom stereocenters. The summed E-state index contributed by atoms with van der Waals surface area (Å²) in [4.78, 5) is 14.4.